The number of carbonyl (C=O) groups excluding carboxylic acids is 1. The van der Waals surface area contributed by atoms with E-state index in [9.17, 15) is 4.79 Å². The first-order valence-electron chi connectivity index (χ1n) is 6.17. The minimum absolute atomic E-state index is 0.0945. The molecule has 4 heteroatoms. The molecule has 0 fully saturated rings. The fourth-order valence-electron chi connectivity index (χ4n) is 1.81. The van der Waals surface area contributed by atoms with Crippen molar-refractivity contribution < 1.29 is 9.53 Å². The summed E-state index contributed by atoms with van der Waals surface area (Å²) in [6.45, 7) is 3.94. The van der Waals surface area contributed by atoms with Crippen LogP contribution in [0.25, 0.3) is 11.3 Å². The van der Waals surface area contributed by atoms with Crippen molar-refractivity contribution in [2.24, 2.45) is 0 Å². The first-order valence-corrected chi connectivity index (χ1v) is 6.17. The summed E-state index contributed by atoms with van der Waals surface area (Å²) in [5, 5.41) is 0. The number of benzene rings is 1. The normalized spacial score (nSPS) is 10.3. The Morgan fingerprint density at radius 2 is 1.89 bits per heavy atom. The number of aromatic nitrogens is 2. The van der Waals surface area contributed by atoms with Crippen molar-refractivity contribution in [3.8, 4) is 11.3 Å². The van der Waals surface area contributed by atoms with Crippen LogP contribution in [0.15, 0.2) is 30.3 Å². The molecule has 0 N–H and O–H groups in total. The number of nitrogens with zero attached hydrogens (tertiary/aromatic N) is 2. The maximum Gasteiger partial charge on any atom is 0.376 e. The van der Waals surface area contributed by atoms with Crippen molar-refractivity contribution in [3.05, 3.63) is 47.4 Å². The highest BCUT2D eigenvalue weighted by Gasteiger charge is 2.12. The lowest BCUT2D eigenvalue weighted by Crippen LogP contribution is -2.09. The number of aryl methyl sites for hydroxylation is 2. The van der Waals surface area contributed by atoms with E-state index in [4.69, 9.17) is 0 Å². The molecule has 0 saturated heterocycles. The monoisotopic (exact) mass is 256 g/mol. The van der Waals surface area contributed by atoms with Crippen molar-refractivity contribution in [2.45, 2.75) is 20.3 Å². The van der Waals surface area contributed by atoms with E-state index in [2.05, 4.69) is 33.8 Å². The standard InChI is InChI=1S/C15H16N2O2/c1-4-11-5-7-12(8-6-11)13-9-10(2)16-14(17-13)15(18)19-3/h5-9H,4H2,1-3H3. The molecule has 0 saturated carbocycles. The molecule has 0 spiro atoms. The van der Waals surface area contributed by atoms with E-state index in [1.807, 2.05) is 25.1 Å². The molecule has 0 bridgehead atoms. The molecule has 0 aliphatic heterocycles. The molecular weight excluding hydrogens is 240 g/mol. The maximum atomic E-state index is 11.5. The van der Waals surface area contributed by atoms with Crippen LogP contribution < -0.4 is 0 Å². The number of hydrogen-bond donors (Lipinski definition) is 0. The summed E-state index contributed by atoms with van der Waals surface area (Å²) in [5.74, 6) is -0.424. The van der Waals surface area contributed by atoms with Crippen LogP contribution in [0.3, 0.4) is 0 Å². The number of hydrogen-bond acceptors (Lipinski definition) is 4. The van der Waals surface area contributed by atoms with Crippen molar-refractivity contribution >= 4 is 5.97 Å². The van der Waals surface area contributed by atoms with Gasteiger partial charge in [0.2, 0.25) is 5.82 Å². The Kier molecular flexibility index (Phi) is 3.90. The number of methoxy groups -OCH3 is 1. The quantitative estimate of drug-likeness (QED) is 0.792. The number of ether oxygens (including phenoxy) is 1. The highest BCUT2D eigenvalue weighted by molar-refractivity contribution is 5.85. The Labute approximate surface area is 112 Å². The van der Waals surface area contributed by atoms with Crippen molar-refractivity contribution in [1.82, 2.24) is 9.97 Å². The van der Waals surface area contributed by atoms with Gasteiger partial charge in [0.15, 0.2) is 0 Å². The van der Waals surface area contributed by atoms with E-state index >= 15 is 0 Å². The van der Waals surface area contributed by atoms with E-state index in [1.54, 1.807) is 0 Å². The van der Waals surface area contributed by atoms with Crippen LogP contribution in [0, 0.1) is 6.92 Å². The Balaban J connectivity index is 2.43. The summed E-state index contributed by atoms with van der Waals surface area (Å²) in [6.07, 6.45) is 0.997. The van der Waals surface area contributed by atoms with E-state index in [0.29, 0.717) is 0 Å². The summed E-state index contributed by atoms with van der Waals surface area (Å²) < 4.78 is 4.65. The third-order valence-electron chi connectivity index (χ3n) is 2.88. The second-order valence-corrected chi connectivity index (χ2v) is 4.26. The molecule has 1 heterocycles. The van der Waals surface area contributed by atoms with Crippen LogP contribution in [0.2, 0.25) is 0 Å². The SMILES string of the molecule is CCc1ccc(-c2cc(C)nc(C(=O)OC)n2)cc1. The second-order valence-electron chi connectivity index (χ2n) is 4.26. The molecular formula is C15H16N2O2. The smallest absolute Gasteiger partial charge is 0.376 e. The van der Waals surface area contributed by atoms with Crippen LogP contribution in [-0.2, 0) is 11.2 Å². The maximum absolute atomic E-state index is 11.5. The van der Waals surface area contributed by atoms with Gasteiger partial charge in [-0.2, -0.15) is 0 Å². The molecule has 0 aliphatic carbocycles. The molecule has 19 heavy (non-hydrogen) atoms. The van der Waals surface area contributed by atoms with Crippen molar-refractivity contribution in [1.29, 1.82) is 0 Å². The lowest BCUT2D eigenvalue weighted by Gasteiger charge is -2.05. The lowest BCUT2D eigenvalue weighted by atomic mass is 10.1. The minimum Gasteiger partial charge on any atom is -0.463 e. The van der Waals surface area contributed by atoms with Gasteiger partial charge in [0, 0.05) is 11.3 Å². The van der Waals surface area contributed by atoms with Gasteiger partial charge in [-0.3, -0.25) is 0 Å². The first kappa shape index (κ1) is 13.2. The zero-order valence-corrected chi connectivity index (χ0v) is 11.3. The van der Waals surface area contributed by atoms with Crippen LogP contribution >= 0.6 is 0 Å². The van der Waals surface area contributed by atoms with Gasteiger partial charge in [-0.25, -0.2) is 14.8 Å². The van der Waals surface area contributed by atoms with Gasteiger partial charge in [0.25, 0.3) is 0 Å². The Hall–Kier alpha value is -2.23. The second kappa shape index (κ2) is 5.61. The van der Waals surface area contributed by atoms with Gasteiger partial charge < -0.3 is 4.74 Å². The summed E-state index contributed by atoms with van der Waals surface area (Å²) in [6, 6.07) is 9.98. The predicted octanol–water partition coefficient (Wildman–Crippen LogP) is 2.80. The minimum atomic E-state index is -0.518. The molecule has 0 amide bonds. The van der Waals surface area contributed by atoms with Gasteiger partial charge >= 0.3 is 5.97 Å². The summed E-state index contributed by atoms with van der Waals surface area (Å²) in [5.41, 5.74) is 3.70. The summed E-state index contributed by atoms with van der Waals surface area (Å²) in [4.78, 5) is 19.8. The molecule has 2 rings (SSSR count). The third-order valence-corrected chi connectivity index (χ3v) is 2.88. The van der Waals surface area contributed by atoms with Crippen LogP contribution in [0.5, 0.6) is 0 Å². The molecule has 0 radical (unpaired) electrons. The van der Waals surface area contributed by atoms with Crippen LogP contribution in [0.4, 0.5) is 0 Å². The Morgan fingerprint density at radius 3 is 2.47 bits per heavy atom. The van der Waals surface area contributed by atoms with Crippen LogP contribution in [0.1, 0.15) is 28.8 Å². The van der Waals surface area contributed by atoms with Crippen molar-refractivity contribution in [3.63, 3.8) is 0 Å². The van der Waals surface area contributed by atoms with Crippen molar-refractivity contribution in [2.75, 3.05) is 7.11 Å². The highest BCUT2D eigenvalue weighted by Crippen LogP contribution is 2.19. The fraction of sp³-hybridized carbons (Fsp3) is 0.267. The number of esters is 1. The van der Waals surface area contributed by atoms with E-state index in [0.717, 1.165) is 23.4 Å². The molecule has 98 valence electrons. The van der Waals surface area contributed by atoms with Gasteiger partial charge in [0.1, 0.15) is 0 Å². The fourth-order valence-corrected chi connectivity index (χ4v) is 1.81. The topological polar surface area (TPSA) is 52.1 Å². The average Bonchev–Trinajstić information content (AvgIpc) is 2.45. The van der Waals surface area contributed by atoms with Gasteiger partial charge in [-0.1, -0.05) is 31.2 Å². The zero-order chi connectivity index (χ0) is 13.8. The molecule has 2 aromatic rings. The van der Waals surface area contributed by atoms with E-state index in [1.165, 1.54) is 12.7 Å². The lowest BCUT2D eigenvalue weighted by molar-refractivity contribution is 0.0586. The summed E-state index contributed by atoms with van der Waals surface area (Å²) >= 11 is 0. The Morgan fingerprint density at radius 1 is 1.21 bits per heavy atom. The van der Waals surface area contributed by atoms with Gasteiger partial charge in [-0.05, 0) is 25.0 Å². The van der Waals surface area contributed by atoms with Gasteiger partial charge in [0.05, 0.1) is 12.8 Å². The average molecular weight is 256 g/mol. The Bertz CT molecular complexity index is 592. The third kappa shape index (κ3) is 2.96. The molecule has 1 aromatic heterocycles. The zero-order valence-electron chi connectivity index (χ0n) is 11.3. The molecule has 0 atom stereocenters. The predicted molar refractivity (Wildman–Crippen MR) is 72.9 cm³/mol. The van der Waals surface area contributed by atoms with E-state index < -0.39 is 5.97 Å². The molecule has 0 aliphatic rings. The largest absolute Gasteiger partial charge is 0.463 e. The first-order chi connectivity index (χ1) is 9.13. The number of rotatable bonds is 3. The van der Waals surface area contributed by atoms with Crippen LogP contribution in [-0.4, -0.2) is 23.0 Å². The highest BCUT2D eigenvalue weighted by atomic mass is 16.5. The number of carbonyl (C=O) groups is 1. The molecule has 4 nitrogen and oxygen atoms in total. The molecule has 0 unspecified atom stereocenters. The van der Waals surface area contributed by atoms with Gasteiger partial charge in [-0.15, -0.1) is 0 Å². The summed E-state index contributed by atoms with van der Waals surface area (Å²) in [7, 11) is 1.32. The molecule has 1 aromatic carbocycles. The van der Waals surface area contributed by atoms with E-state index in [-0.39, 0.29) is 5.82 Å².